The van der Waals surface area contributed by atoms with Crippen molar-refractivity contribution in [2.24, 2.45) is 5.92 Å². The number of Topliss-reactive ketones (excluding diaryl/α,β-unsaturated/α-hetero) is 1. The monoisotopic (exact) mass is 484 g/mol. The van der Waals surface area contributed by atoms with Crippen LogP contribution in [0.5, 0.6) is 0 Å². The molecule has 0 radical (unpaired) electrons. The molecule has 0 saturated heterocycles. The van der Waals surface area contributed by atoms with E-state index < -0.39 is 29.7 Å². The third-order valence-electron chi connectivity index (χ3n) is 8.49. The van der Waals surface area contributed by atoms with E-state index in [-0.39, 0.29) is 11.1 Å². The average molecular weight is 483 g/mol. The Balaban J connectivity index is 2.65. The fourth-order valence-corrected chi connectivity index (χ4v) is 13.7. The zero-order chi connectivity index (χ0) is 22.1. The van der Waals surface area contributed by atoms with Gasteiger partial charge in [-0.1, -0.05) is 0 Å². The molecule has 162 valence electrons. The standard InChI is InChI=1S/C23H46GeO2Si2/c1-22(2,3)27(10,11)18-15-16-14-17(25)20(24(7,8)9)19(16)21(18)26-28(12,13)23(4,5)6/h16,18,21H,14-15H2,1-13H3/t16-,18+,21-/m0/s1. The molecule has 0 spiro atoms. The average Bonchev–Trinajstić information content (AvgIpc) is 2.91. The van der Waals surface area contributed by atoms with Crippen LogP contribution in [0.15, 0.2) is 9.98 Å². The van der Waals surface area contributed by atoms with Gasteiger partial charge in [-0.3, -0.25) is 0 Å². The molecule has 0 aromatic carbocycles. The van der Waals surface area contributed by atoms with Crippen LogP contribution in [-0.4, -0.2) is 41.5 Å². The topological polar surface area (TPSA) is 26.3 Å². The van der Waals surface area contributed by atoms with Gasteiger partial charge in [0, 0.05) is 0 Å². The Kier molecular flexibility index (Phi) is 6.33. The molecule has 0 N–H and O–H groups in total. The first kappa shape index (κ1) is 24.6. The molecule has 0 heterocycles. The summed E-state index contributed by atoms with van der Waals surface area (Å²) in [7, 11) is -3.52. The van der Waals surface area contributed by atoms with Gasteiger partial charge in [0.15, 0.2) is 0 Å². The zero-order valence-corrected chi connectivity index (χ0v) is 25.1. The van der Waals surface area contributed by atoms with E-state index in [9.17, 15) is 4.79 Å². The van der Waals surface area contributed by atoms with Crippen LogP contribution >= 0.6 is 0 Å². The van der Waals surface area contributed by atoms with E-state index in [0.717, 1.165) is 6.42 Å². The van der Waals surface area contributed by atoms with Crippen molar-refractivity contribution in [2.45, 2.75) is 120 Å². The van der Waals surface area contributed by atoms with Gasteiger partial charge in [-0.05, 0) is 0 Å². The van der Waals surface area contributed by atoms with Gasteiger partial charge in [-0.2, -0.15) is 0 Å². The Morgan fingerprint density at radius 1 is 0.929 bits per heavy atom. The van der Waals surface area contributed by atoms with Crippen LogP contribution in [0.3, 0.4) is 0 Å². The molecular weight excluding hydrogens is 437 g/mol. The SMILES string of the molecule is CC(C)(C)[Si](C)(C)O[C@@H]1C2=[C]([Ge]([CH3])([CH3])[CH3])C(=O)C[C@H]2C[C@H]1[Si](C)(C)C(C)(C)C. The van der Waals surface area contributed by atoms with Crippen LogP contribution in [-0.2, 0) is 9.22 Å². The van der Waals surface area contributed by atoms with Gasteiger partial charge in [0.25, 0.3) is 0 Å². The van der Waals surface area contributed by atoms with E-state index in [1.54, 1.807) is 0 Å². The summed E-state index contributed by atoms with van der Waals surface area (Å²) in [4.78, 5) is 13.1. The van der Waals surface area contributed by atoms with Gasteiger partial charge in [-0.25, -0.2) is 0 Å². The predicted octanol–water partition coefficient (Wildman–Crippen LogP) is 7.42. The first-order valence-electron chi connectivity index (χ1n) is 11.2. The van der Waals surface area contributed by atoms with Crippen molar-refractivity contribution in [3.05, 3.63) is 9.98 Å². The summed E-state index contributed by atoms with van der Waals surface area (Å²) >= 11 is -2.25. The summed E-state index contributed by atoms with van der Waals surface area (Å²) in [6.45, 7) is 24.2. The molecule has 0 aromatic heterocycles. The predicted molar refractivity (Wildman–Crippen MR) is 131 cm³/mol. The molecular formula is C23H46GeO2Si2. The van der Waals surface area contributed by atoms with Crippen LogP contribution in [0, 0.1) is 5.92 Å². The summed E-state index contributed by atoms with van der Waals surface area (Å²) in [6, 6.07) is 0. The number of hydrogen-bond acceptors (Lipinski definition) is 2. The Morgan fingerprint density at radius 3 is 1.82 bits per heavy atom. The quantitative estimate of drug-likeness (QED) is 0.389. The van der Waals surface area contributed by atoms with Gasteiger partial charge < -0.3 is 0 Å². The van der Waals surface area contributed by atoms with Gasteiger partial charge in [0.1, 0.15) is 0 Å². The molecule has 0 unspecified atom stereocenters. The molecule has 2 rings (SSSR count). The van der Waals surface area contributed by atoms with E-state index in [1.165, 1.54) is 16.4 Å². The van der Waals surface area contributed by atoms with E-state index in [4.69, 9.17) is 4.43 Å². The van der Waals surface area contributed by atoms with Crippen molar-refractivity contribution in [1.29, 1.82) is 0 Å². The zero-order valence-electron chi connectivity index (χ0n) is 21.0. The second-order valence-electron chi connectivity index (χ2n) is 13.5. The molecule has 1 saturated carbocycles. The van der Waals surface area contributed by atoms with E-state index in [2.05, 4.69) is 85.0 Å². The molecule has 2 aliphatic rings. The molecule has 2 nitrogen and oxygen atoms in total. The third-order valence-corrected chi connectivity index (χ3v) is 23.5. The van der Waals surface area contributed by atoms with Crippen LogP contribution in [0.2, 0.25) is 59.1 Å². The second kappa shape index (κ2) is 7.20. The van der Waals surface area contributed by atoms with Crippen molar-refractivity contribution in [3.63, 3.8) is 0 Å². The maximum atomic E-state index is 13.1. The summed E-state index contributed by atoms with van der Waals surface area (Å²) in [5.74, 6) is 8.11. The molecule has 0 aliphatic heterocycles. The molecule has 28 heavy (non-hydrogen) atoms. The molecule has 5 heteroatoms. The summed E-state index contributed by atoms with van der Waals surface area (Å²) in [6.07, 6.45) is 2.13. The van der Waals surface area contributed by atoms with Crippen molar-refractivity contribution >= 4 is 35.4 Å². The Morgan fingerprint density at radius 2 is 1.43 bits per heavy atom. The first-order valence-corrected chi connectivity index (χ1v) is 24.5. The normalized spacial score (nSPS) is 27.6. The van der Waals surface area contributed by atoms with Crippen LogP contribution in [0.25, 0.3) is 0 Å². The molecule has 3 atom stereocenters. The van der Waals surface area contributed by atoms with Crippen LogP contribution < -0.4 is 0 Å². The van der Waals surface area contributed by atoms with Crippen LogP contribution in [0.4, 0.5) is 0 Å². The van der Waals surface area contributed by atoms with Gasteiger partial charge in [0.05, 0.1) is 0 Å². The number of carbonyl (C=O) groups excluding carboxylic acids is 1. The second-order valence-corrected chi connectivity index (χ2v) is 34.4. The van der Waals surface area contributed by atoms with Gasteiger partial charge >= 0.3 is 180 Å². The van der Waals surface area contributed by atoms with E-state index >= 15 is 0 Å². The van der Waals surface area contributed by atoms with Crippen molar-refractivity contribution < 1.29 is 9.22 Å². The fourth-order valence-electron chi connectivity index (χ4n) is 4.75. The minimum absolute atomic E-state index is 0.190. The first-order chi connectivity index (χ1) is 12.2. The number of fused-ring (bicyclic) bond motifs is 1. The third kappa shape index (κ3) is 4.22. The maximum absolute atomic E-state index is 13.1. The fraction of sp³-hybridized carbons (Fsp3) is 0.870. The van der Waals surface area contributed by atoms with Gasteiger partial charge in [-0.15, -0.1) is 0 Å². The Hall–Kier alpha value is 0.347. The van der Waals surface area contributed by atoms with Gasteiger partial charge in [0.2, 0.25) is 0 Å². The number of carbonyl (C=O) groups is 1. The number of rotatable bonds is 4. The molecule has 0 bridgehead atoms. The number of allylic oxidation sites excluding steroid dienone is 1. The number of hydrogen-bond donors (Lipinski definition) is 0. The Bertz CT molecular complexity index is 672. The minimum atomic E-state index is -2.25. The van der Waals surface area contributed by atoms with Crippen molar-refractivity contribution in [1.82, 2.24) is 0 Å². The van der Waals surface area contributed by atoms with E-state index in [0.29, 0.717) is 22.3 Å². The van der Waals surface area contributed by atoms with E-state index in [1.807, 2.05) is 0 Å². The summed E-state index contributed by atoms with van der Waals surface area (Å²) in [5.41, 5.74) is 2.10. The Labute approximate surface area is 179 Å². The van der Waals surface area contributed by atoms with Crippen molar-refractivity contribution in [2.75, 3.05) is 0 Å². The van der Waals surface area contributed by atoms with Crippen LogP contribution in [0.1, 0.15) is 54.4 Å². The summed E-state index contributed by atoms with van der Waals surface area (Å²) in [5, 5.41) is 0.523. The molecule has 0 aromatic rings. The number of ketones is 1. The molecule has 2 aliphatic carbocycles. The van der Waals surface area contributed by atoms with Crippen molar-refractivity contribution in [3.8, 4) is 0 Å². The summed E-state index contributed by atoms with van der Waals surface area (Å²) < 4.78 is 8.53. The molecule has 0 amide bonds. The molecule has 1 fully saturated rings.